The molecule has 142 valence electrons. The third kappa shape index (κ3) is 4.65. The van der Waals surface area contributed by atoms with E-state index in [0.29, 0.717) is 36.2 Å². The van der Waals surface area contributed by atoms with Crippen molar-refractivity contribution >= 4 is 5.71 Å². The Balaban J connectivity index is 3.29. The highest BCUT2D eigenvalue weighted by atomic mass is 19.4. The lowest BCUT2D eigenvalue weighted by molar-refractivity contribution is -0.376. The van der Waals surface area contributed by atoms with Crippen molar-refractivity contribution in [2.24, 2.45) is 5.16 Å². The number of oxime groups is 1. The van der Waals surface area contributed by atoms with Gasteiger partial charge in [-0.2, -0.15) is 26.3 Å². The van der Waals surface area contributed by atoms with Crippen LogP contribution in [0.1, 0.15) is 44.7 Å². The first-order valence-corrected chi connectivity index (χ1v) is 7.54. The lowest BCUT2D eigenvalue weighted by atomic mass is 9.91. The van der Waals surface area contributed by atoms with E-state index in [1.807, 2.05) is 6.92 Å². The van der Waals surface area contributed by atoms with E-state index in [1.54, 1.807) is 13.8 Å². The van der Waals surface area contributed by atoms with Gasteiger partial charge in [0, 0.05) is 5.56 Å². The van der Waals surface area contributed by atoms with Crippen molar-refractivity contribution in [1.29, 1.82) is 0 Å². The lowest BCUT2D eigenvalue weighted by Crippen LogP contribution is -2.53. The molecule has 0 aliphatic rings. The summed E-state index contributed by atoms with van der Waals surface area (Å²) in [4.78, 5) is 5.10. The van der Waals surface area contributed by atoms with Crippen molar-refractivity contribution in [3.05, 3.63) is 35.4 Å². The Kier molecular flexibility index (Phi) is 6.50. The van der Waals surface area contributed by atoms with Crippen LogP contribution in [-0.2, 0) is 10.4 Å². The highest BCUT2D eigenvalue weighted by molar-refractivity contribution is 6.00. The number of halogens is 6. The minimum absolute atomic E-state index is 0.230. The van der Waals surface area contributed by atoms with Crippen LogP contribution in [-0.4, -0.2) is 29.3 Å². The summed E-state index contributed by atoms with van der Waals surface area (Å²) in [5, 5.41) is 13.2. The molecular formula is C16H19F6NO2. The molecule has 0 fully saturated rings. The average Bonchev–Trinajstić information content (AvgIpc) is 2.48. The molecule has 1 aromatic carbocycles. The molecule has 1 rings (SSSR count). The Morgan fingerprint density at radius 3 is 1.88 bits per heavy atom. The zero-order chi connectivity index (χ0) is 19.5. The molecule has 0 aromatic heterocycles. The van der Waals surface area contributed by atoms with Crippen molar-refractivity contribution in [3.8, 4) is 0 Å². The SMILES string of the molecule is CCC/C(=N/OC(C)C)c1ccc(C(O)(C(F)(F)F)C(F)(F)F)cc1. The zero-order valence-corrected chi connectivity index (χ0v) is 13.9. The highest BCUT2D eigenvalue weighted by Crippen LogP contribution is 2.49. The van der Waals surface area contributed by atoms with Crippen molar-refractivity contribution in [3.63, 3.8) is 0 Å². The number of alkyl halides is 6. The Morgan fingerprint density at radius 2 is 1.52 bits per heavy atom. The first-order chi connectivity index (χ1) is 11.3. The largest absolute Gasteiger partial charge is 0.430 e. The predicted molar refractivity (Wildman–Crippen MR) is 80.1 cm³/mol. The molecule has 0 aliphatic carbocycles. The van der Waals surface area contributed by atoms with Gasteiger partial charge in [0.05, 0.1) is 5.71 Å². The van der Waals surface area contributed by atoms with Gasteiger partial charge in [-0.1, -0.05) is 42.8 Å². The molecule has 0 atom stereocenters. The average molecular weight is 371 g/mol. The molecule has 1 aromatic rings. The molecule has 1 N–H and O–H groups in total. The van der Waals surface area contributed by atoms with Crippen LogP contribution in [0.25, 0.3) is 0 Å². The van der Waals surface area contributed by atoms with Crippen LogP contribution in [0.5, 0.6) is 0 Å². The molecule has 0 saturated heterocycles. The topological polar surface area (TPSA) is 41.8 Å². The summed E-state index contributed by atoms with van der Waals surface area (Å²) in [6.07, 6.45) is -11.0. The lowest BCUT2D eigenvalue weighted by Gasteiger charge is -2.32. The number of benzene rings is 1. The van der Waals surface area contributed by atoms with Gasteiger partial charge in [-0.25, -0.2) is 0 Å². The molecular weight excluding hydrogens is 352 g/mol. The first-order valence-electron chi connectivity index (χ1n) is 7.54. The fourth-order valence-corrected chi connectivity index (χ4v) is 2.04. The molecule has 0 unspecified atom stereocenters. The number of nitrogens with zero attached hydrogens (tertiary/aromatic N) is 1. The Labute approximate surface area is 141 Å². The molecule has 0 amide bonds. The van der Waals surface area contributed by atoms with Crippen LogP contribution < -0.4 is 0 Å². The summed E-state index contributed by atoms with van der Waals surface area (Å²) in [5.41, 5.74) is -5.53. The molecule has 0 radical (unpaired) electrons. The van der Waals surface area contributed by atoms with Crippen LogP contribution in [0.15, 0.2) is 29.4 Å². The molecule has 3 nitrogen and oxygen atoms in total. The predicted octanol–water partition coefficient (Wildman–Crippen LogP) is 4.93. The van der Waals surface area contributed by atoms with Crippen molar-refractivity contribution in [2.75, 3.05) is 0 Å². The summed E-state index contributed by atoms with van der Waals surface area (Å²) in [6.45, 7) is 5.29. The minimum atomic E-state index is -5.91. The van der Waals surface area contributed by atoms with Gasteiger partial charge in [0.15, 0.2) is 0 Å². The Bertz CT molecular complexity index is 576. The second kappa shape index (κ2) is 7.63. The Hall–Kier alpha value is -1.77. The maximum Gasteiger partial charge on any atom is 0.430 e. The van der Waals surface area contributed by atoms with E-state index in [9.17, 15) is 31.4 Å². The molecule has 0 bridgehead atoms. The van der Waals surface area contributed by atoms with Crippen LogP contribution >= 0.6 is 0 Å². The van der Waals surface area contributed by atoms with Crippen molar-refractivity contribution < 1.29 is 36.3 Å². The zero-order valence-electron chi connectivity index (χ0n) is 13.9. The van der Waals surface area contributed by atoms with E-state index in [4.69, 9.17) is 4.84 Å². The van der Waals surface area contributed by atoms with E-state index in [-0.39, 0.29) is 6.10 Å². The van der Waals surface area contributed by atoms with Crippen molar-refractivity contribution in [2.45, 2.75) is 57.7 Å². The van der Waals surface area contributed by atoms with E-state index < -0.39 is 23.5 Å². The summed E-state index contributed by atoms with van der Waals surface area (Å²) in [7, 11) is 0. The fourth-order valence-electron chi connectivity index (χ4n) is 2.04. The van der Waals surface area contributed by atoms with Crippen LogP contribution in [0.4, 0.5) is 26.3 Å². The van der Waals surface area contributed by atoms with Crippen LogP contribution in [0, 0.1) is 0 Å². The molecule has 0 aliphatic heterocycles. The van der Waals surface area contributed by atoms with Gasteiger partial charge in [0.25, 0.3) is 5.60 Å². The molecule has 25 heavy (non-hydrogen) atoms. The number of aliphatic hydroxyl groups is 1. The van der Waals surface area contributed by atoms with Gasteiger partial charge in [0.2, 0.25) is 0 Å². The summed E-state index contributed by atoms with van der Waals surface area (Å²) >= 11 is 0. The second-order valence-corrected chi connectivity index (χ2v) is 5.73. The first kappa shape index (κ1) is 21.3. The van der Waals surface area contributed by atoms with Gasteiger partial charge in [0.1, 0.15) is 6.10 Å². The highest BCUT2D eigenvalue weighted by Gasteiger charge is 2.71. The third-order valence-corrected chi connectivity index (χ3v) is 3.32. The molecule has 0 spiro atoms. The van der Waals surface area contributed by atoms with Crippen molar-refractivity contribution in [1.82, 2.24) is 0 Å². The molecule has 0 saturated carbocycles. The van der Waals surface area contributed by atoms with Crippen LogP contribution in [0.3, 0.4) is 0 Å². The summed E-state index contributed by atoms with van der Waals surface area (Å²) < 4.78 is 77.2. The molecule has 0 heterocycles. The van der Waals surface area contributed by atoms with Crippen LogP contribution in [0.2, 0.25) is 0 Å². The quantitative estimate of drug-likeness (QED) is 0.438. The summed E-state index contributed by atoms with van der Waals surface area (Å²) in [6, 6.07) is 3.29. The van der Waals surface area contributed by atoms with Gasteiger partial charge in [-0.05, 0) is 25.8 Å². The molecule has 9 heteroatoms. The van der Waals surface area contributed by atoms with E-state index in [0.717, 1.165) is 12.1 Å². The van der Waals surface area contributed by atoms with E-state index >= 15 is 0 Å². The fraction of sp³-hybridized carbons (Fsp3) is 0.562. The van der Waals surface area contributed by atoms with E-state index in [2.05, 4.69) is 5.16 Å². The van der Waals surface area contributed by atoms with Gasteiger partial charge in [-0.15, -0.1) is 0 Å². The number of hydrogen-bond donors (Lipinski definition) is 1. The standard InChI is InChI=1S/C16H19F6NO2/c1-4-5-13(23-25-10(2)3)11-6-8-12(9-7-11)14(24,15(17,18)19)16(20,21)22/h6-10,24H,4-5H2,1-3H3/b23-13-. The minimum Gasteiger partial charge on any atom is -0.393 e. The smallest absolute Gasteiger partial charge is 0.393 e. The maximum absolute atomic E-state index is 12.9. The maximum atomic E-state index is 12.9. The normalized spacial score (nSPS) is 14.1. The van der Waals surface area contributed by atoms with Gasteiger partial charge < -0.3 is 9.94 Å². The van der Waals surface area contributed by atoms with Gasteiger partial charge in [-0.3, -0.25) is 0 Å². The number of rotatable bonds is 6. The van der Waals surface area contributed by atoms with Gasteiger partial charge >= 0.3 is 12.4 Å². The summed E-state index contributed by atoms with van der Waals surface area (Å²) in [5.74, 6) is 0. The number of hydrogen-bond acceptors (Lipinski definition) is 3. The Morgan fingerprint density at radius 1 is 1.04 bits per heavy atom. The third-order valence-electron chi connectivity index (χ3n) is 3.32. The van der Waals surface area contributed by atoms with E-state index in [1.165, 1.54) is 0 Å². The monoisotopic (exact) mass is 371 g/mol. The second-order valence-electron chi connectivity index (χ2n) is 5.73.